The summed E-state index contributed by atoms with van der Waals surface area (Å²) in [6, 6.07) is 29.8. The summed E-state index contributed by atoms with van der Waals surface area (Å²) in [6.45, 7) is 6.00. The number of rotatable bonds is 7. The summed E-state index contributed by atoms with van der Waals surface area (Å²) >= 11 is 12.2. The Balaban J connectivity index is 0.00000184. The minimum absolute atomic E-state index is 0. The van der Waals surface area contributed by atoms with Crippen LogP contribution < -0.4 is 11.4 Å². The van der Waals surface area contributed by atoms with Crippen molar-refractivity contribution in [2.24, 2.45) is 4.99 Å². The van der Waals surface area contributed by atoms with Gasteiger partial charge in [-0.3, -0.25) is 18.7 Å². The molecule has 5 aromatic rings. The number of fused-ring (bicyclic) bond motifs is 1. The number of likely N-dealkylation sites (N-methyl/N-ethyl adjacent to an activating group) is 1. The lowest BCUT2D eigenvalue weighted by Crippen LogP contribution is -2.44. The molecular weight excluding hydrogens is 667 g/mol. The van der Waals surface area contributed by atoms with Gasteiger partial charge in [-0.1, -0.05) is 66.8 Å². The first kappa shape index (κ1) is 36.4. The lowest BCUT2D eigenvalue weighted by atomic mass is 10.2. The molecular formula is C32H37Cl3N8S2. The van der Waals surface area contributed by atoms with Crippen LogP contribution in [0.15, 0.2) is 96.0 Å². The molecule has 0 amide bonds. The van der Waals surface area contributed by atoms with Crippen molar-refractivity contribution in [2.45, 2.75) is 6.42 Å². The normalized spacial score (nSPS) is 13.9. The first-order valence-electron chi connectivity index (χ1n) is 14.2. The van der Waals surface area contributed by atoms with Crippen molar-refractivity contribution in [1.29, 1.82) is 0 Å². The number of hydrogen-bond acceptors (Lipinski definition) is 7. The maximum Gasteiger partial charge on any atom is 0.233 e. The van der Waals surface area contributed by atoms with E-state index in [-0.39, 0.29) is 37.2 Å². The molecule has 1 saturated heterocycles. The third kappa shape index (κ3) is 7.66. The highest BCUT2D eigenvalue weighted by atomic mass is 35.5. The van der Waals surface area contributed by atoms with Crippen molar-refractivity contribution < 1.29 is 0 Å². The lowest BCUT2D eigenvalue weighted by Gasteiger charge is -2.32. The average molecular weight is 704 g/mol. The van der Waals surface area contributed by atoms with Crippen molar-refractivity contribution in [1.82, 2.24) is 28.5 Å². The Morgan fingerprint density at radius 2 is 1.20 bits per heavy atom. The predicted molar refractivity (Wildman–Crippen MR) is 197 cm³/mol. The molecule has 2 aromatic heterocycles. The number of para-hydroxylation sites is 3. The monoisotopic (exact) mass is 702 g/mol. The van der Waals surface area contributed by atoms with Crippen molar-refractivity contribution in [2.75, 3.05) is 52.0 Å². The molecule has 2 N–H and O–H groups in total. The number of nitrogens with zero attached hydrogens (tertiary/aromatic N) is 7. The second-order valence-electron chi connectivity index (χ2n) is 10.5. The van der Waals surface area contributed by atoms with E-state index in [4.69, 9.17) is 40.1 Å². The Labute approximate surface area is 292 Å². The summed E-state index contributed by atoms with van der Waals surface area (Å²) < 4.78 is 6.75. The standard InChI is InChI=1S/C32H34N8S2.3ClH/c1-36-20-22-37(23-21-36)19-11-18-34-31-35-29-27(28(33)38(31)24-12-5-2-6-13-24)30(41)40(26-16-9-4-10-17-26)32(42)39(29)25-14-7-3-8-15-25;;;/h2-10,12-17H,11,18-23,33H2,1H3;3*1H. The topological polar surface area (TPSA) is 72.5 Å². The van der Waals surface area contributed by atoms with E-state index in [1.807, 2.05) is 105 Å². The summed E-state index contributed by atoms with van der Waals surface area (Å²) in [5.74, 6) is 0.471. The van der Waals surface area contributed by atoms with Crippen LogP contribution in [0.4, 0.5) is 5.82 Å². The van der Waals surface area contributed by atoms with Gasteiger partial charge in [0, 0.05) is 50.6 Å². The Morgan fingerprint density at radius 3 is 1.73 bits per heavy atom. The molecule has 0 aliphatic carbocycles. The van der Waals surface area contributed by atoms with E-state index in [1.165, 1.54) is 0 Å². The number of nitrogens with two attached hydrogens (primary N) is 1. The largest absolute Gasteiger partial charge is 0.384 e. The maximum atomic E-state index is 7.05. The zero-order chi connectivity index (χ0) is 29.1. The van der Waals surface area contributed by atoms with Gasteiger partial charge in [0.25, 0.3) is 0 Å². The van der Waals surface area contributed by atoms with Crippen molar-refractivity contribution in [3.8, 4) is 17.1 Å². The maximum absolute atomic E-state index is 7.05. The van der Waals surface area contributed by atoms with Crippen molar-refractivity contribution in [3.63, 3.8) is 0 Å². The highest BCUT2D eigenvalue weighted by Crippen LogP contribution is 2.27. The van der Waals surface area contributed by atoms with Gasteiger partial charge in [0.05, 0.1) is 11.1 Å². The van der Waals surface area contributed by atoms with E-state index < -0.39 is 0 Å². The molecule has 1 aliphatic rings. The molecule has 0 unspecified atom stereocenters. The van der Waals surface area contributed by atoms with Crippen LogP contribution in [0, 0.1) is 9.41 Å². The van der Waals surface area contributed by atoms with Crippen molar-refractivity contribution >= 4 is 78.5 Å². The van der Waals surface area contributed by atoms with Gasteiger partial charge in [0.15, 0.2) is 10.4 Å². The highest BCUT2D eigenvalue weighted by molar-refractivity contribution is 7.72. The van der Waals surface area contributed by atoms with Crippen LogP contribution in [0.5, 0.6) is 0 Å². The number of aromatic nitrogens is 4. The first-order valence-corrected chi connectivity index (χ1v) is 15.0. The Bertz CT molecular complexity index is 1890. The van der Waals surface area contributed by atoms with Gasteiger partial charge in [-0.2, -0.15) is 4.98 Å². The van der Waals surface area contributed by atoms with Crippen LogP contribution in [0.1, 0.15) is 6.42 Å². The fourth-order valence-electron chi connectivity index (χ4n) is 5.39. The number of benzene rings is 3. The Kier molecular flexibility index (Phi) is 13.3. The molecule has 13 heteroatoms. The zero-order valence-electron chi connectivity index (χ0n) is 24.9. The van der Waals surface area contributed by atoms with Gasteiger partial charge < -0.3 is 15.5 Å². The molecule has 0 radical (unpaired) electrons. The molecule has 3 aromatic carbocycles. The summed E-state index contributed by atoms with van der Waals surface area (Å²) in [5.41, 5.74) is 10.8. The highest BCUT2D eigenvalue weighted by Gasteiger charge is 2.19. The van der Waals surface area contributed by atoms with Crippen molar-refractivity contribution in [3.05, 3.63) is 106 Å². The number of anilines is 1. The zero-order valence-corrected chi connectivity index (χ0v) is 28.9. The molecule has 0 saturated carbocycles. The SMILES string of the molecule is CN1CCN(CCCN=c2nc3c(c(N)n2-c2ccccc2)c(=S)n(-c2ccccc2)c(=S)n3-c2ccccc2)CC1.Cl.Cl.Cl. The molecule has 3 heterocycles. The summed E-state index contributed by atoms with van der Waals surface area (Å²) in [7, 11) is 2.18. The van der Waals surface area contributed by atoms with E-state index >= 15 is 0 Å². The number of halogens is 3. The molecule has 6 rings (SSSR count). The average Bonchev–Trinajstić information content (AvgIpc) is 3.01. The minimum Gasteiger partial charge on any atom is -0.384 e. The number of piperazine rings is 1. The summed E-state index contributed by atoms with van der Waals surface area (Å²) in [4.78, 5) is 15.0. The van der Waals surface area contributed by atoms with Gasteiger partial charge in [-0.05, 0) is 62.1 Å². The third-order valence-electron chi connectivity index (χ3n) is 7.66. The molecule has 45 heavy (non-hydrogen) atoms. The fourth-order valence-corrected chi connectivity index (χ4v) is 6.22. The smallest absolute Gasteiger partial charge is 0.233 e. The minimum atomic E-state index is 0. The van der Waals surface area contributed by atoms with Crippen LogP contribution in [0.2, 0.25) is 0 Å². The van der Waals surface area contributed by atoms with E-state index in [9.17, 15) is 0 Å². The predicted octanol–water partition coefficient (Wildman–Crippen LogP) is 6.45. The molecule has 1 fully saturated rings. The molecule has 238 valence electrons. The molecule has 0 atom stereocenters. The molecule has 8 nitrogen and oxygen atoms in total. The Hall–Kier alpha value is -3.09. The Morgan fingerprint density at radius 1 is 0.711 bits per heavy atom. The molecule has 1 aliphatic heterocycles. The van der Waals surface area contributed by atoms with Crippen LogP contribution in [0.3, 0.4) is 0 Å². The van der Waals surface area contributed by atoms with Gasteiger partial charge in [0.1, 0.15) is 10.5 Å². The number of nitrogen functional groups attached to an aromatic ring is 1. The van der Waals surface area contributed by atoms with Gasteiger partial charge in [-0.25, -0.2) is 0 Å². The summed E-state index contributed by atoms with van der Waals surface area (Å²) in [5, 5.41) is 0.645. The van der Waals surface area contributed by atoms with E-state index in [0.717, 1.165) is 56.2 Å². The second-order valence-corrected chi connectivity index (χ2v) is 11.2. The van der Waals surface area contributed by atoms with Crippen LogP contribution >= 0.6 is 61.7 Å². The summed E-state index contributed by atoms with van der Waals surface area (Å²) in [6.07, 6.45) is 0.929. The van der Waals surface area contributed by atoms with E-state index in [2.05, 4.69) is 16.8 Å². The van der Waals surface area contributed by atoms with E-state index in [0.29, 0.717) is 38.4 Å². The van der Waals surface area contributed by atoms with Crippen LogP contribution in [-0.2, 0) is 0 Å². The van der Waals surface area contributed by atoms with Gasteiger partial charge in [0.2, 0.25) is 5.62 Å². The molecule has 0 spiro atoms. The van der Waals surface area contributed by atoms with E-state index in [1.54, 1.807) is 0 Å². The third-order valence-corrected chi connectivity index (χ3v) is 8.41. The van der Waals surface area contributed by atoms with Gasteiger partial charge >= 0.3 is 0 Å². The van der Waals surface area contributed by atoms with Crippen LogP contribution in [-0.4, -0.2) is 74.8 Å². The quantitative estimate of drug-likeness (QED) is 0.155. The van der Waals surface area contributed by atoms with Crippen LogP contribution in [0.25, 0.3) is 28.1 Å². The number of hydrogen-bond donors (Lipinski definition) is 1. The van der Waals surface area contributed by atoms with Gasteiger partial charge in [-0.15, -0.1) is 37.2 Å². The second kappa shape index (κ2) is 16.5. The first-order chi connectivity index (χ1) is 20.5. The fraction of sp³-hybridized carbons (Fsp3) is 0.250. The lowest BCUT2D eigenvalue weighted by molar-refractivity contribution is 0.153. The molecule has 0 bridgehead atoms.